The molecule has 0 fully saturated rings. The molecule has 0 saturated heterocycles. The third-order valence-electron chi connectivity index (χ3n) is 2.04. The van der Waals surface area contributed by atoms with Crippen LogP contribution in [0.25, 0.3) is 0 Å². The van der Waals surface area contributed by atoms with Gasteiger partial charge in [0.15, 0.2) is 0 Å². The second kappa shape index (κ2) is 4.80. The van der Waals surface area contributed by atoms with Crippen molar-refractivity contribution in [3.8, 4) is 5.75 Å². The van der Waals surface area contributed by atoms with Crippen LogP contribution in [-0.2, 0) is 0 Å². The van der Waals surface area contributed by atoms with Gasteiger partial charge in [0, 0.05) is 20.0 Å². The lowest BCUT2D eigenvalue weighted by atomic mass is 10.3. The summed E-state index contributed by atoms with van der Waals surface area (Å²) in [6.07, 6.45) is 0. The molecule has 2 nitrogen and oxygen atoms in total. The van der Waals surface area contributed by atoms with Crippen LogP contribution in [0.3, 0.4) is 0 Å². The van der Waals surface area contributed by atoms with Crippen LogP contribution in [0.5, 0.6) is 5.75 Å². The quantitative estimate of drug-likeness (QED) is 0.826. The Morgan fingerprint density at radius 3 is 2.25 bits per heavy atom. The van der Waals surface area contributed by atoms with Gasteiger partial charge in [-0.05, 0) is 58.4 Å². The van der Waals surface area contributed by atoms with Crippen molar-refractivity contribution in [3.63, 3.8) is 0 Å². The van der Waals surface area contributed by atoms with E-state index in [0.717, 1.165) is 20.0 Å². The maximum atomic E-state index is 9.17. The molecule has 4 heteroatoms. The smallest absolute Gasteiger partial charge is 0.115 e. The Hall–Kier alpha value is -1.13. The van der Waals surface area contributed by atoms with Gasteiger partial charge in [0.2, 0.25) is 0 Å². The molecule has 0 aliphatic heterocycles. The van der Waals surface area contributed by atoms with Crippen molar-refractivity contribution in [2.45, 2.75) is 9.79 Å². The summed E-state index contributed by atoms with van der Waals surface area (Å²) >= 11 is 5.02. The summed E-state index contributed by atoms with van der Waals surface area (Å²) in [7, 11) is 0. The highest BCUT2D eigenvalue weighted by Crippen LogP contribution is 2.32. The van der Waals surface area contributed by atoms with Gasteiger partial charge in [0.1, 0.15) is 5.75 Å². The van der Waals surface area contributed by atoms with Crippen LogP contribution >= 0.6 is 27.7 Å². The Bertz CT molecular complexity index is 499. The van der Waals surface area contributed by atoms with Crippen LogP contribution in [0.2, 0.25) is 0 Å². The van der Waals surface area contributed by atoms with Crippen molar-refractivity contribution in [2.24, 2.45) is 0 Å². The van der Waals surface area contributed by atoms with E-state index in [1.807, 2.05) is 30.3 Å². The van der Waals surface area contributed by atoms with Gasteiger partial charge in [-0.3, -0.25) is 0 Å². The molecular weight excluding hydrogens is 286 g/mol. The minimum absolute atomic E-state index is 0.280. The standard InChI is InChI=1S/C12H10BrNOS/c13-11-7-10(5-6-12(11)14)16-9-3-1-8(15)2-4-9/h1-7,15H,14H2. The average Bonchev–Trinajstić information content (AvgIpc) is 2.27. The van der Waals surface area contributed by atoms with E-state index in [1.54, 1.807) is 23.9 Å². The van der Waals surface area contributed by atoms with Crippen molar-refractivity contribution < 1.29 is 5.11 Å². The number of benzene rings is 2. The molecule has 0 aliphatic carbocycles. The van der Waals surface area contributed by atoms with Gasteiger partial charge < -0.3 is 10.8 Å². The number of rotatable bonds is 2. The first kappa shape index (κ1) is 11.4. The fourth-order valence-electron chi connectivity index (χ4n) is 1.22. The van der Waals surface area contributed by atoms with Crippen molar-refractivity contribution in [2.75, 3.05) is 5.73 Å². The number of phenols is 1. The number of hydrogen-bond donors (Lipinski definition) is 2. The van der Waals surface area contributed by atoms with Crippen molar-refractivity contribution in [3.05, 3.63) is 46.9 Å². The van der Waals surface area contributed by atoms with Gasteiger partial charge in [-0.1, -0.05) is 11.8 Å². The lowest BCUT2D eigenvalue weighted by Crippen LogP contribution is -1.85. The zero-order valence-electron chi connectivity index (χ0n) is 8.35. The SMILES string of the molecule is Nc1ccc(Sc2ccc(O)cc2)cc1Br. The normalized spacial score (nSPS) is 10.3. The first-order valence-corrected chi connectivity index (χ1v) is 6.28. The van der Waals surface area contributed by atoms with Crippen LogP contribution in [0.15, 0.2) is 56.7 Å². The molecule has 0 spiro atoms. The third-order valence-corrected chi connectivity index (χ3v) is 3.73. The number of nitrogens with two attached hydrogens (primary N) is 1. The molecule has 2 rings (SSSR count). The minimum atomic E-state index is 0.280. The number of anilines is 1. The first-order valence-electron chi connectivity index (χ1n) is 4.67. The monoisotopic (exact) mass is 295 g/mol. The highest BCUT2D eigenvalue weighted by molar-refractivity contribution is 9.10. The van der Waals surface area contributed by atoms with Gasteiger partial charge in [-0.25, -0.2) is 0 Å². The summed E-state index contributed by atoms with van der Waals surface area (Å²) in [6, 6.07) is 12.9. The largest absolute Gasteiger partial charge is 0.508 e. The Labute approximate surface area is 107 Å². The van der Waals surface area contributed by atoms with E-state index in [1.165, 1.54) is 0 Å². The summed E-state index contributed by atoms with van der Waals surface area (Å²) in [5.41, 5.74) is 6.44. The summed E-state index contributed by atoms with van der Waals surface area (Å²) in [5.74, 6) is 0.280. The number of aromatic hydroxyl groups is 1. The van der Waals surface area contributed by atoms with Crippen LogP contribution in [-0.4, -0.2) is 5.11 Å². The number of phenolic OH excluding ortho intramolecular Hbond substituents is 1. The number of hydrogen-bond acceptors (Lipinski definition) is 3. The van der Waals surface area contributed by atoms with Crippen LogP contribution in [0.1, 0.15) is 0 Å². The Morgan fingerprint density at radius 2 is 1.62 bits per heavy atom. The second-order valence-corrected chi connectivity index (χ2v) is 5.28. The summed E-state index contributed by atoms with van der Waals surface area (Å²) in [4.78, 5) is 2.18. The average molecular weight is 296 g/mol. The highest BCUT2D eigenvalue weighted by Gasteiger charge is 2.00. The van der Waals surface area contributed by atoms with Gasteiger partial charge in [0.05, 0.1) is 0 Å². The summed E-state index contributed by atoms with van der Waals surface area (Å²) in [5, 5.41) is 9.17. The Morgan fingerprint density at radius 1 is 1.00 bits per heavy atom. The second-order valence-electron chi connectivity index (χ2n) is 3.28. The van der Waals surface area contributed by atoms with Crippen LogP contribution < -0.4 is 5.73 Å². The molecule has 0 atom stereocenters. The van der Waals surface area contributed by atoms with E-state index < -0.39 is 0 Å². The predicted octanol–water partition coefficient (Wildman–Crippen LogP) is 3.89. The van der Waals surface area contributed by atoms with Crippen LogP contribution in [0.4, 0.5) is 5.69 Å². The van der Waals surface area contributed by atoms with Gasteiger partial charge in [0.25, 0.3) is 0 Å². The summed E-state index contributed by atoms with van der Waals surface area (Å²) in [6.45, 7) is 0. The molecule has 82 valence electrons. The third kappa shape index (κ3) is 2.71. The zero-order chi connectivity index (χ0) is 11.5. The molecule has 3 N–H and O–H groups in total. The molecule has 0 heterocycles. The van der Waals surface area contributed by atoms with E-state index >= 15 is 0 Å². The lowest BCUT2D eigenvalue weighted by molar-refractivity contribution is 0.475. The molecule has 0 aliphatic rings. The summed E-state index contributed by atoms with van der Waals surface area (Å²) < 4.78 is 0.899. The number of nitrogen functional groups attached to an aromatic ring is 1. The van der Waals surface area contributed by atoms with Crippen LogP contribution in [0, 0.1) is 0 Å². The predicted molar refractivity (Wildman–Crippen MR) is 70.8 cm³/mol. The maximum absolute atomic E-state index is 9.17. The molecule has 0 saturated carbocycles. The van der Waals surface area contributed by atoms with E-state index in [4.69, 9.17) is 10.8 Å². The van der Waals surface area contributed by atoms with Gasteiger partial charge in [-0.15, -0.1) is 0 Å². The zero-order valence-corrected chi connectivity index (χ0v) is 10.8. The fraction of sp³-hybridized carbons (Fsp3) is 0. The van der Waals surface area contributed by atoms with E-state index in [2.05, 4.69) is 15.9 Å². The van der Waals surface area contributed by atoms with E-state index in [9.17, 15) is 0 Å². The molecule has 0 radical (unpaired) electrons. The topological polar surface area (TPSA) is 46.2 Å². The fourth-order valence-corrected chi connectivity index (χ4v) is 2.61. The maximum Gasteiger partial charge on any atom is 0.115 e. The molecule has 0 aromatic heterocycles. The molecule has 2 aromatic rings. The Kier molecular flexibility index (Phi) is 3.41. The molecule has 16 heavy (non-hydrogen) atoms. The van der Waals surface area contributed by atoms with E-state index in [0.29, 0.717) is 0 Å². The molecule has 2 aromatic carbocycles. The first-order chi connectivity index (χ1) is 7.65. The molecule has 0 bridgehead atoms. The molecule has 0 unspecified atom stereocenters. The Balaban J connectivity index is 2.20. The minimum Gasteiger partial charge on any atom is -0.508 e. The van der Waals surface area contributed by atoms with Crippen molar-refractivity contribution in [1.29, 1.82) is 0 Å². The number of halogens is 1. The van der Waals surface area contributed by atoms with Crippen molar-refractivity contribution >= 4 is 33.4 Å². The lowest BCUT2D eigenvalue weighted by Gasteiger charge is -2.04. The van der Waals surface area contributed by atoms with Crippen molar-refractivity contribution in [1.82, 2.24) is 0 Å². The van der Waals surface area contributed by atoms with Gasteiger partial charge >= 0.3 is 0 Å². The molecular formula is C12H10BrNOS. The molecule has 0 amide bonds. The van der Waals surface area contributed by atoms with Gasteiger partial charge in [-0.2, -0.15) is 0 Å². The van der Waals surface area contributed by atoms with E-state index in [-0.39, 0.29) is 5.75 Å². The highest BCUT2D eigenvalue weighted by atomic mass is 79.9.